The quantitative estimate of drug-likeness (QED) is 0.665. The molecule has 4 rings (SSSR count). The van der Waals surface area contributed by atoms with E-state index in [9.17, 15) is 9.59 Å². The number of fused-ring (bicyclic) bond motifs is 1. The molecule has 0 aliphatic carbocycles. The maximum absolute atomic E-state index is 13.5. The number of carbonyl (C=O) groups is 2. The van der Waals surface area contributed by atoms with Crippen molar-refractivity contribution in [1.29, 1.82) is 0 Å². The zero-order chi connectivity index (χ0) is 21.1. The molecule has 0 saturated heterocycles. The second-order valence-electron chi connectivity index (χ2n) is 7.61. The van der Waals surface area contributed by atoms with Crippen molar-refractivity contribution < 1.29 is 9.59 Å². The van der Waals surface area contributed by atoms with E-state index in [1.54, 1.807) is 4.90 Å². The highest BCUT2D eigenvalue weighted by Gasteiger charge is 2.32. The molecule has 0 fully saturated rings. The van der Waals surface area contributed by atoms with Crippen LogP contribution in [0.25, 0.3) is 0 Å². The number of aryl methyl sites for hydroxylation is 2. The number of urea groups is 1. The molecule has 1 aliphatic heterocycles. The molecule has 0 aromatic heterocycles. The monoisotopic (exact) mass is 399 g/mol. The third kappa shape index (κ3) is 4.06. The number of carbonyl (C=O) groups excluding carboxylic acids is 2. The van der Waals surface area contributed by atoms with Gasteiger partial charge in [0.05, 0.1) is 0 Å². The zero-order valence-electron chi connectivity index (χ0n) is 17.2. The van der Waals surface area contributed by atoms with E-state index in [-0.39, 0.29) is 5.91 Å². The summed E-state index contributed by atoms with van der Waals surface area (Å²) in [7, 11) is 0. The average Bonchev–Trinajstić information content (AvgIpc) is 3.19. The summed E-state index contributed by atoms with van der Waals surface area (Å²) in [5.41, 5.74) is 5.77. The van der Waals surface area contributed by atoms with Crippen LogP contribution >= 0.6 is 0 Å². The molecule has 2 N–H and O–H groups in total. The van der Waals surface area contributed by atoms with E-state index in [4.69, 9.17) is 0 Å². The van der Waals surface area contributed by atoms with Gasteiger partial charge in [-0.25, -0.2) is 4.79 Å². The minimum Gasteiger partial charge on any atom is -0.322 e. The van der Waals surface area contributed by atoms with Crippen molar-refractivity contribution >= 4 is 23.3 Å². The predicted octanol–water partition coefficient (Wildman–Crippen LogP) is 4.76. The Hall–Kier alpha value is -3.60. The van der Waals surface area contributed by atoms with E-state index in [2.05, 4.69) is 10.6 Å². The lowest BCUT2D eigenvalue weighted by Gasteiger charge is -2.25. The average molecular weight is 399 g/mol. The molecule has 0 radical (unpaired) electrons. The molecule has 0 saturated carbocycles. The van der Waals surface area contributed by atoms with Crippen LogP contribution in [-0.2, 0) is 11.2 Å². The van der Waals surface area contributed by atoms with E-state index in [1.807, 2.05) is 86.6 Å². The second-order valence-corrected chi connectivity index (χ2v) is 7.61. The SMILES string of the molecule is Cc1ccc(NC(=O)NC(C(=O)N2CCc3ccccc32)c2ccccc2)cc1C. The van der Waals surface area contributed by atoms with Crippen molar-refractivity contribution in [3.8, 4) is 0 Å². The van der Waals surface area contributed by atoms with Gasteiger partial charge in [-0.3, -0.25) is 4.79 Å². The first kappa shape index (κ1) is 19.7. The maximum atomic E-state index is 13.5. The number of nitrogens with one attached hydrogen (secondary N) is 2. The summed E-state index contributed by atoms with van der Waals surface area (Å²) in [6.45, 7) is 4.64. The predicted molar refractivity (Wildman–Crippen MR) is 120 cm³/mol. The third-order valence-corrected chi connectivity index (χ3v) is 5.57. The first-order chi connectivity index (χ1) is 14.5. The van der Waals surface area contributed by atoms with Gasteiger partial charge in [0.25, 0.3) is 5.91 Å². The number of amides is 3. The van der Waals surface area contributed by atoms with Crippen molar-refractivity contribution in [1.82, 2.24) is 5.32 Å². The van der Waals surface area contributed by atoms with Crippen LogP contribution < -0.4 is 15.5 Å². The van der Waals surface area contributed by atoms with Gasteiger partial charge in [-0.05, 0) is 60.7 Å². The number of anilines is 2. The molecule has 1 unspecified atom stereocenters. The highest BCUT2D eigenvalue weighted by atomic mass is 16.2. The van der Waals surface area contributed by atoms with E-state index in [1.165, 1.54) is 0 Å². The van der Waals surface area contributed by atoms with Crippen molar-refractivity contribution in [2.75, 3.05) is 16.8 Å². The van der Waals surface area contributed by atoms with Crippen molar-refractivity contribution in [3.05, 3.63) is 95.1 Å². The standard InChI is InChI=1S/C25H25N3O2/c1-17-12-13-21(16-18(17)2)26-25(30)27-23(20-9-4-3-5-10-20)24(29)28-15-14-19-8-6-7-11-22(19)28/h3-13,16,23H,14-15H2,1-2H3,(H2,26,27,30). The molecular weight excluding hydrogens is 374 g/mol. The largest absolute Gasteiger partial charge is 0.322 e. The Morgan fingerprint density at radius 3 is 2.40 bits per heavy atom. The molecule has 5 heteroatoms. The number of para-hydroxylation sites is 1. The molecule has 1 atom stereocenters. The lowest BCUT2D eigenvalue weighted by molar-refractivity contribution is -0.120. The first-order valence-electron chi connectivity index (χ1n) is 10.1. The lowest BCUT2D eigenvalue weighted by atomic mass is 10.1. The Labute approximate surface area is 176 Å². The Morgan fingerprint density at radius 2 is 1.63 bits per heavy atom. The van der Waals surface area contributed by atoms with Gasteiger partial charge in [-0.2, -0.15) is 0 Å². The normalized spacial score (nSPS) is 13.5. The Kier molecular flexibility index (Phi) is 5.53. The highest BCUT2D eigenvalue weighted by molar-refractivity contribution is 6.02. The number of hydrogen-bond acceptors (Lipinski definition) is 2. The Morgan fingerprint density at radius 1 is 0.900 bits per heavy atom. The van der Waals surface area contributed by atoms with Crippen LogP contribution in [0.2, 0.25) is 0 Å². The van der Waals surface area contributed by atoms with Gasteiger partial charge in [0.1, 0.15) is 6.04 Å². The number of rotatable bonds is 4. The molecule has 3 amide bonds. The maximum Gasteiger partial charge on any atom is 0.320 e. The number of nitrogens with zero attached hydrogens (tertiary/aromatic N) is 1. The fourth-order valence-electron chi connectivity index (χ4n) is 3.77. The van der Waals surface area contributed by atoms with Crippen LogP contribution in [0.3, 0.4) is 0 Å². The lowest BCUT2D eigenvalue weighted by Crippen LogP contribution is -2.43. The third-order valence-electron chi connectivity index (χ3n) is 5.57. The van der Waals surface area contributed by atoms with Crippen LogP contribution in [0.4, 0.5) is 16.2 Å². The van der Waals surface area contributed by atoms with Crippen LogP contribution in [0.15, 0.2) is 72.8 Å². The minimum atomic E-state index is -0.774. The van der Waals surface area contributed by atoms with E-state index < -0.39 is 12.1 Å². The molecule has 1 aliphatic rings. The summed E-state index contributed by atoms with van der Waals surface area (Å²) >= 11 is 0. The van der Waals surface area contributed by atoms with Gasteiger partial charge in [0.2, 0.25) is 0 Å². The molecule has 0 bridgehead atoms. The fraction of sp³-hybridized carbons (Fsp3) is 0.200. The van der Waals surface area contributed by atoms with Crippen molar-refractivity contribution in [2.24, 2.45) is 0 Å². The molecular formula is C25H25N3O2. The number of benzene rings is 3. The van der Waals surface area contributed by atoms with Gasteiger partial charge in [-0.1, -0.05) is 54.6 Å². The smallest absolute Gasteiger partial charge is 0.320 e. The second kappa shape index (κ2) is 8.41. The Balaban J connectivity index is 1.57. The van der Waals surface area contributed by atoms with Gasteiger partial charge in [0.15, 0.2) is 0 Å². The highest BCUT2D eigenvalue weighted by Crippen LogP contribution is 2.30. The molecule has 152 valence electrons. The van der Waals surface area contributed by atoms with Gasteiger partial charge < -0.3 is 15.5 Å². The van der Waals surface area contributed by atoms with Gasteiger partial charge in [-0.15, -0.1) is 0 Å². The van der Waals surface area contributed by atoms with Gasteiger partial charge >= 0.3 is 6.03 Å². The zero-order valence-corrected chi connectivity index (χ0v) is 17.2. The van der Waals surface area contributed by atoms with E-state index in [0.29, 0.717) is 12.2 Å². The summed E-state index contributed by atoms with van der Waals surface area (Å²) in [5.74, 6) is -0.138. The Bertz CT molecular complexity index is 1080. The minimum absolute atomic E-state index is 0.138. The topological polar surface area (TPSA) is 61.4 Å². The van der Waals surface area contributed by atoms with Crippen molar-refractivity contribution in [3.63, 3.8) is 0 Å². The van der Waals surface area contributed by atoms with Crippen LogP contribution in [-0.4, -0.2) is 18.5 Å². The summed E-state index contributed by atoms with van der Waals surface area (Å²) in [6, 6.07) is 21.8. The van der Waals surface area contributed by atoms with Crippen LogP contribution in [0.5, 0.6) is 0 Å². The fourth-order valence-corrected chi connectivity index (χ4v) is 3.77. The summed E-state index contributed by atoms with van der Waals surface area (Å²) in [6.07, 6.45) is 0.818. The molecule has 3 aromatic carbocycles. The molecule has 3 aromatic rings. The van der Waals surface area contributed by atoms with Crippen LogP contribution in [0.1, 0.15) is 28.3 Å². The summed E-state index contributed by atoms with van der Waals surface area (Å²) in [5, 5.41) is 5.74. The van der Waals surface area contributed by atoms with Gasteiger partial charge in [0, 0.05) is 17.9 Å². The molecule has 1 heterocycles. The first-order valence-corrected chi connectivity index (χ1v) is 10.1. The van der Waals surface area contributed by atoms with E-state index >= 15 is 0 Å². The summed E-state index contributed by atoms with van der Waals surface area (Å²) in [4.78, 5) is 28.0. The molecule has 0 spiro atoms. The molecule has 30 heavy (non-hydrogen) atoms. The number of hydrogen-bond donors (Lipinski definition) is 2. The summed E-state index contributed by atoms with van der Waals surface area (Å²) < 4.78 is 0. The van der Waals surface area contributed by atoms with E-state index in [0.717, 1.165) is 34.4 Å². The van der Waals surface area contributed by atoms with Crippen molar-refractivity contribution in [2.45, 2.75) is 26.3 Å². The molecule has 5 nitrogen and oxygen atoms in total. The van der Waals surface area contributed by atoms with Crippen LogP contribution in [0, 0.1) is 13.8 Å².